The molecule has 2 unspecified atom stereocenters. The maximum absolute atomic E-state index is 11.4. The molecule has 1 fully saturated rings. The van der Waals surface area contributed by atoms with Crippen LogP contribution in [0.1, 0.15) is 26.7 Å². The summed E-state index contributed by atoms with van der Waals surface area (Å²) < 4.78 is 9.49. The summed E-state index contributed by atoms with van der Waals surface area (Å²) in [7, 11) is 1.35. The van der Waals surface area contributed by atoms with E-state index in [1.165, 1.54) is 7.11 Å². The average molecular weight is 258 g/mol. The van der Waals surface area contributed by atoms with E-state index in [-0.39, 0.29) is 18.1 Å². The number of methoxy groups -OCH3 is 1. The summed E-state index contributed by atoms with van der Waals surface area (Å²) >= 11 is 0. The van der Waals surface area contributed by atoms with E-state index in [2.05, 4.69) is 15.0 Å². The lowest BCUT2D eigenvalue weighted by Gasteiger charge is -2.23. The monoisotopic (exact) mass is 258 g/mol. The Morgan fingerprint density at radius 2 is 2.22 bits per heavy atom. The maximum atomic E-state index is 11.4. The third-order valence-electron chi connectivity index (χ3n) is 3.12. The Morgan fingerprint density at radius 1 is 1.50 bits per heavy atom. The highest BCUT2D eigenvalue weighted by atomic mass is 16.5. The number of likely N-dealkylation sites (tertiary alicyclic amines) is 1. The quantitative estimate of drug-likeness (QED) is 0.737. The molecule has 18 heavy (non-hydrogen) atoms. The van der Waals surface area contributed by atoms with Gasteiger partial charge in [-0.05, 0) is 20.3 Å². The van der Waals surface area contributed by atoms with Gasteiger partial charge in [-0.3, -0.25) is 9.69 Å². The molecule has 0 saturated carbocycles. The van der Waals surface area contributed by atoms with Crippen LogP contribution in [0.3, 0.4) is 0 Å². The van der Waals surface area contributed by atoms with Crippen LogP contribution in [-0.2, 0) is 14.3 Å². The van der Waals surface area contributed by atoms with Crippen molar-refractivity contribution in [3.8, 4) is 0 Å². The third-order valence-corrected chi connectivity index (χ3v) is 3.12. The normalized spacial score (nSPS) is 21.4. The third kappa shape index (κ3) is 4.52. The average Bonchev–Trinajstić information content (AvgIpc) is 2.77. The highest BCUT2D eigenvalue weighted by Crippen LogP contribution is 2.15. The Hall–Kier alpha value is -1.30. The van der Waals surface area contributed by atoms with Crippen LogP contribution in [0.25, 0.3) is 0 Å². The van der Waals surface area contributed by atoms with Gasteiger partial charge in [0.2, 0.25) is 0 Å². The van der Waals surface area contributed by atoms with Crippen LogP contribution in [0.15, 0.2) is 0 Å². The summed E-state index contributed by atoms with van der Waals surface area (Å²) in [6.45, 7) is 5.83. The first-order chi connectivity index (χ1) is 8.56. The van der Waals surface area contributed by atoms with Crippen LogP contribution in [0.2, 0.25) is 0 Å². The molecule has 0 aromatic carbocycles. The molecule has 1 aliphatic heterocycles. The van der Waals surface area contributed by atoms with Crippen LogP contribution in [0.5, 0.6) is 0 Å². The Kier molecular flexibility index (Phi) is 5.91. The molecule has 1 amide bonds. The fourth-order valence-corrected chi connectivity index (χ4v) is 2.12. The first-order valence-electron chi connectivity index (χ1n) is 6.31. The Morgan fingerprint density at radius 3 is 2.83 bits per heavy atom. The van der Waals surface area contributed by atoms with Gasteiger partial charge in [0.25, 0.3) is 0 Å². The lowest BCUT2D eigenvalue weighted by Crippen LogP contribution is -2.39. The minimum atomic E-state index is -0.403. The number of rotatable bonds is 5. The van der Waals surface area contributed by atoms with Crippen molar-refractivity contribution in [2.75, 3.05) is 26.8 Å². The number of hydrogen-bond donors (Lipinski definition) is 1. The highest BCUT2D eigenvalue weighted by Gasteiger charge is 2.28. The summed E-state index contributed by atoms with van der Waals surface area (Å²) in [5.74, 6) is -0.172. The Labute approximate surface area is 108 Å². The first kappa shape index (κ1) is 14.8. The molecule has 1 aliphatic rings. The minimum Gasteiger partial charge on any atom is -0.466 e. The molecule has 0 aromatic heterocycles. The van der Waals surface area contributed by atoms with Crippen molar-refractivity contribution < 1.29 is 19.1 Å². The molecule has 0 aliphatic carbocycles. The summed E-state index contributed by atoms with van der Waals surface area (Å²) in [4.78, 5) is 24.6. The van der Waals surface area contributed by atoms with E-state index in [0.717, 1.165) is 19.5 Å². The van der Waals surface area contributed by atoms with Crippen LogP contribution >= 0.6 is 0 Å². The summed E-state index contributed by atoms with van der Waals surface area (Å²) in [5.41, 5.74) is 0. The molecule has 0 bridgehead atoms. The molecule has 0 spiro atoms. The molecule has 1 heterocycles. The van der Waals surface area contributed by atoms with Gasteiger partial charge in [0, 0.05) is 25.2 Å². The second kappa shape index (κ2) is 7.20. The van der Waals surface area contributed by atoms with Gasteiger partial charge in [0.05, 0.1) is 20.1 Å². The summed E-state index contributed by atoms with van der Waals surface area (Å²) in [6, 6.07) is 0.232. The number of hydrogen-bond acceptors (Lipinski definition) is 5. The van der Waals surface area contributed by atoms with Crippen molar-refractivity contribution in [2.24, 2.45) is 0 Å². The van der Waals surface area contributed by atoms with Gasteiger partial charge in [0.15, 0.2) is 0 Å². The predicted octanol–water partition coefficient (Wildman–Crippen LogP) is 0.758. The summed E-state index contributed by atoms with van der Waals surface area (Å²) in [6.07, 6.45) is 0.862. The Bertz CT molecular complexity index is 296. The fraction of sp³-hybridized carbons (Fsp3) is 0.833. The number of amides is 1. The van der Waals surface area contributed by atoms with Crippen molar-refractivity contribution in [1.29, 1.82) is 0 Å². The number of ether oxygens (including phenoxy) is 2. The second-order valence-electron chi connectivity index (χ2n) is 4.47. The van der Waals surface area contributed by atoms with Gasteiger partial charge in [-0.15, -0.1) is 0 Å². The standard InChI is InChI=1S/C12H22N2O4/c1-4-18-11(15)7-9(2)14-6-5-10(8-14)13-12(16)17-3/h9-10H,4-8H2,1-3H3,(H,13,16). The lowest BCUT2D eigenvalue weighted by atomic mass is 10.2. The fourth-order valence-electron chi connectivity index (χ4n) is 2.12. The van der Waals surface area contributed by atoms with Crippen molar-refractivity contribution in [1.82, 2.24) is 10.2 Å². The van der Waals surface area contributed by atoms with Crippen molar-refractivity contribution >= 4 is 12.1 Å². The number of nitrogens with one attached hydrogen (secondary N) is 1. The van der Waals surface area contributed by atoms with Crippen molar-refractivity contribution in [3.05, 3.63) is 0 Å². The number of esters is 1. The number of carbonyl (C=O) groups is 2. The van der Waals surface area contributed by atoms with Gasteiger partial charge < -0.3 is 14.8 Å². The lowest BCUT2D eigenvalue weighted by molar-refractivity contribution is -0.144. The van der Waals surface area contributed by atoms with E-state index >= 15 is 0 Å². The molecule has 1 N–H and O–H groups in total. The molecule has 6 nitrogen and oxygen atoms in total. The van der Waals surface area contributed by atoms with Gasteiger partial charge in [0.1, 0.15) is 0 Å². The van der Waals surface area contributed by atoms with Gasteiger partial charge in [-0.2, -0.15) is 0 Å². The molecular weight excluding hydrogens is 236 g/mol. The van der Waals surface area contributed by atoms with Crippen LogP contribution < -0.4 is 5.32 Å². The van der Waals surface area contributed by atoms with Gasteiger partial charge >= 0.3 is 12.1 Å². The smallest absolute Gasteiger partial charge is 0.407 e. The predicted molar refractivity (Wildman–Crippen MR) is 66.2 cm³/mol. The van der Waals surface area contributed by atoms with E-state index in [0.29, 0.717) is 13.0 Å². The topological polar surface area (TPSA) is 67.9 Å². The maximum Gasteiger partial charge on any atom is 0.407 e. The number of nitrogens with zero attached hydrogens (tertiary/aromatic N) is 1. The second-order valence-corrected chi connectivity index (χ2v) is 4.47. The molecule has 1 saturated heterocycles. The van der Waals surface area contributed by atoms with Crippen molar-refractivity contribution in [3.63, 3.8) is 0 Å². The summed E-state index contributed by atoms with van der Waals surface area (Å²) in [5, 5.41) is 2.77. The first-order valence-corrected chi connectivity index (χ1v) is 6.31. The molecule has 0 aromatic rings. The van der Waals surface area contributed by atoms with Gasteiger partial charge in [-0.25, -0.2) is 4.79 Å². The largest absolute Gasteiger partial charge is 0.466 e. The zero-order valence-corrected chi connectivity index (χ0v) is 11.3. The number of alkyl carbamates (subject to hydrolysis) is 1. The minimum absolute atomic E-state index is 0.0992. The molecule has 1 rings (SSSR count). The van der Waals surface area contributed by atoms with E-state index in [4.69, 9.17) is 4.74 Å². The van der Waals surface area contributed by atoms with Gasteiger partial charge in [-0.1, -0.05) is 0 Å². The SMILES string of the molecule is CCOC(=O)CC(C)N1CCC(NC(=O)OC)C1. The van der Waals surface area contributed by atoms with Crippen LogP contribution in [-0.4, -0.2) is 55.9 Å². The number of carbonyl (C=O) groups excluding carboxylic acids is 2. The van der Waals surface area contributed by atoms with E-state index < -0.39 is 6.09 Å². The highest BCUT2D eigenvalue weighted by molar-refractivity contribution is 5.70. The molecule has 104 valence electrons. The molecule has 2 atom stereocenters. The van der Waals surface area contributed by atoms with E-state index in [1.54, 1.807) is 6.92 Å². The molecular formula is C12H22N2O4. The zero-order valence-electron chi connectivity index (χ0n) is 11.3. The van der Waals surface area contributed by atoms with E-state index in [1.807, 2.05) is 6.92 Å². The van der Waals surface area contributed by atoms with E-state index in [9.17, 15) is 9.59 Å². The molecule has 6 heteroatoms. The molecule has 0 radical (unpaired) electrons. The zero-order chi connectivity index (χ0) is 13.5. The van der Waals surface area contributed by atoms with Crippen LogP contribution in [0.4, 0.5) is 4.79 Å². The van der Waals surface area contributed by atoms with Crippen LogP contribution in [0, 0.1) is 0 Å². The Balaban J connectivity index is 2.32. The van der Waals surface area contributed by atoms with Crippen molar-refractivity contribution in [2.45, 2.75) is 38.8 Å².